The summed E-state index contributed by atoms with van der Waals surface area (Å²) in [5, 5.41) is 1.15. The van der Waals surface area contributed by atoms with Crippen LogP contribution in [-0.4, -0.2) is 31.3 Å². The lowest BCUT2D eigenvalue weighted by molar-refractivity contribution is 0.311. The lowest BCUT2D eigenvalue weighted by Crippen LogP contribution is -2.34. The lowest BCUT2D eigenvalue weighted by Gasteiger charge is -2.26. The molecular weight excluding hydrogens is 308 g/mol. The van der Waals surface area contributed by atoms with Crippen molar-refractivity contribution in [3.05, 3.63) is 35.5 Å². The van der Waals surface area contributed by atoms with Gasteiger partial charge in [0.2, 0.25) is 10.0 Å². The van der Waals surface area contributed by atoms with Crippen molar-refractivity contribution in [1.29, 1.82) is 0 Å². The highest BCUT2D eigenvalue weighted by Crippen LogP contribution is 2.24. The van der Waals surface area contributed by atoms with Gasteiger partial charge in [-0.25, -0.2) is 17.7 Å². The molecule has 114 valence electrons. The minimum absolute atomic E-state index is 0.103. The van der Waals surface area contributed by atoms with Crippen molar-refractivity contribution in [2.45, 2.75) is 25.7 Å². The Labute approximate surface area is 130 Å². The molecule has 0 aliphatic heterocycles. The summed E-state index contributed by atoms with van der Waals surface area (Å²) in [7, 11) is -1.90. The van der Waals surface area contributed by atoms with Gasteiger partial charge in [0, 0.05) is 19.0 Å². The SMILES string of the molecule is CN(CC(C)(C)C)S(=O)(=O)c1ccc2nc(Cl)ccc2c1. The molecule has 0 fully saturated rings. The zero-order valence-corrected chi connectivity index (χ0v) is 14.2. The first-order valence-electron chi connectivity index (χ1n) is 6.62. The van der Waals surface area contributed by atoms with Crippen LogP contribution in [0.25, 0.3) is 10.9 Å². The van der Waals surface area contributed by atoms with Crippen LogP contribution in [0.4, 0.5) is 0 Å². The van der Waals surface area contributed by atoms with E-state index >= 15 is 0 Å². The summed E-state index contributed by atoms with van der Waals surface area (Å²) < 4.78 is 26.6. The van der Waals surface area contributed by atoms with E-state index in [4.69, 9.17) is 11.6 Å². The Bertz CT molecular complexity index is 767. The Morgan fingerprint density at radius 2 is 1.86 bits per heavy atom. The van der Waals surface area contributed by atoms with Gasteiger partial charge < -0.3 is 0 Å². The number of fused-ring (bicyclic) bond motifs is 1. The van der Waals surface area contributed by atoms with Gasteiger partial charge in [-0.15, -0.1) is 0 Å². The Hall–Kier alpha value is -1.17. The van der Waals surface area contributed by atoms with Gasteiger partial charge in [-0.1, -0.05) is 32.4 Å². The molecule has 1 aromatic heterocycles. The second-order valence-electron chi connectivity index (χ2n) is 6.31. The molecule has 0 N–H and O–H groups in total. The van der Waals surface area contributed by atoms with Gasteiger partial charge in [0.25, 0.3) is 0 Å². The topological polar surface area (TPSA) is 50.3 Å². The fourth-order valence-corrected chi connectivity index (χ4v) is 3.76. The number of sulfonamides is 1. The summed E-state index contributed by atoms with van der Waals surface area (Å²) in [5.74, 6) is 0. The zero-order valence-electron chi connectivity index (χ0n) is 12.6. The number of halogens is 1. The molecule has 4 nitrogen and oxygen atoms in total. The predicted octanol–water partition coefficient (Wildman–Crippen LogP) is 3.55. The van der Waals surface area contributed by atoms with Crippen LogP contribution in [0.3, 0.4) is 0 Å². The Morgan fingerprint density at radius 3 is 2.48 bits per heavy atom. The van der Waals surface area contributed by atoms with E-state index in [1.165, 1.54) is 4.31 Å². The highest BCUT2D eigenvalue weighted by atomic mass is 35.5. The minimum atomic E-state index is -3.50. The molecule has 6 heteroatoms. The summed E-state index contributed by atoms with van der Waals surface area (Å²) in [5.41, 5.74) is 0.577. The third kappa shape index (κ3) is 3.73. The van der Waals surface area contributed by atoms with Crippen LogP contribution in [0, 0.1) is 5.41 Å². The molecule has 1 aromatic carbocycles. The normalized spacial score (nSPS) is 13.0. The largest absolute Gasteiger partial charge is 0.242 e. The van der Waals surface area contributed by atoms with Gasteiger partial charge in [-0.3, -0.25) is 0 Å². The zero-order chi connectivity index (χ0) is 15.8. The molecule has 0 radical (unpaired) electrons. The number of nitrogens with zero attached hydrogens (tertiary/aromatic N) is 2. The van der Waals surface area contributed by atoms with E-state index in [9.17, 15) is 8.42 Å². The van der Waals surface area contributed by atoms with Crippen molar-refractivity contribution < 1.29 is 8.42 Å². The molecule has 0 saturated heterocycles. The van der Waals surface area contributed by atoms with Crippen molar-refractivity contribution in [3.63, 3.8) is 0 Å². The molecular formula is C15H19ClN2O2S. The van der Waals surface area contributed by atoms with Crippen LogP contribution >= 0.6 is 11.6 Å². The molecule has 2 aromatic rings. The predicted molar refractivity (Wildman–Crippen MR) is 86.0 cm³/mol. The molecule has 21 heavy (non-hydrogen) atoms. The lowest BCUT2D eigenvalue weighted by atomic mass is 9.97. The van der Waals surface area contributed by atoms with E-state index in [1.807, 2.05) is 20.8 Å². The fraction of sp³-hybridized carbons (Fsp3) is 0.400. The minimum Gasteiger partial charge on any atom is -0.236 e. The van der Waals surface area contributed by atoms with Gasteiger partial charge in [0.05, 0.1) is 10.4 Å². The monoisotopic (exact) mass is 326 g/mol. The fourth-order valence-electron chi connectivity index (χ4n) is 2.17. The first-order valence-corrected chi connectivity index (χ1v) is 8.44. The second kappa shape index (κ2) is 5.55. The molecule has 0 atom stereocenters. The third-order valence-corrected chi connectivity index (χ3v) is 5.04. The number of rotatable bonds is 3. The van der Waals surface area contributed by atoms with Crippen LogP contribution in [0.1, 0.15) is 20.8 Å². The van der Waals surface area contributed by atoms with Gasteiger partial charge in [-0.05, 0) is 35.7 Å². The highest BCUT2D eigenvalue weighted by Gasteiger charge is 2.25. The Balaban J connectivity index is 2.43. The van der Waals surface area contributed by atoms with Crippen molar-refractivity contribution >= 4 is 32.5 Å². The van der Waals surface area contributed by atoms with Crippen LogP contribution < -0.4 is 0 Å². The third-order valence-electron chi connectivity index (χ3n) is 3.03. The molecule has 0 amide bonds. The number of hydrogen-bond donors (Lipinski definition) is 0. The van der Waals surface area contributed by atoms with E-state index in [0.29, 0.717) is 17.2 Å². The maximum Gasteiger partial charge on any atom is 0.242 e. The summed E-state index contributed by atoms with van der Waals surface area (Å²) in [4.78, 5) is 4.43. The van der Waals surface area contributed by atoms with Crippen molar-refractivity contribution in [2.75, 3.05) is 13.6 Å². The Kier molecular flexibility index (Phi) is 4.29. The van der Waals surface area contributed by atoms with E-state index in [0.717, 1.165) is 5.39 Å². The molecule has 0 aliphatic rings. The molecule has 0 bridgehead atoms. The van der Waals surface area contributed by atoms with Gasteiger partial charge in [0.1, 0.15) is 5.15 Å². The van der Waals surface area contributed by atoms with Crippen molar-refractivity contribution in [3.8, 4) is 0 Å². The van der Waals surface area contributed by atoms with E-state index in [2.05, 4.69) is 4.98 Å². The average Bonchev–Trinajstić information content (AvgIpc) is 2.35. The van der Waals surface area contributed by atoms with Crippen molar-refractivity contribution in [2.24, 2.45) is 5.41 Å². The maximum atomic E-state index is 12.6. The van der Waals surface area contributed by atoms with E-state index in [1.54, 1.807) is 37.4 Å². The Morgan fingerprint density at radius 1 is 1.19 bits per heavy atom. The summed E-state index contributed by atoms with van der Waals surface area (Å²) in [6.07, 6.45) is 0. The summed E-state index contributed by atoms with van der Waals surface area (Å²) >= 11 is 5.83. The second-order valence-corrected chi connectivity index (χ2v) is 8.74. The van der Waals surface area contributed by atoms with Crippen molar-refractivity contribution in [1.82, 2.24) is 9.29 Å². The summed E-state index contributed by atoms with van der Waals surface area (Å²) in [6.45, 7) is 6.47. The average molecular weight is 327 g/mol. The molecule has 0 aliphatic carbocycles. The quantitative estimate of drug-likeness (QED) is 0.810. The molecule has 1 heterocycles. The molecule has 0 spiro atoms. The highest BCUT2D eigenvalue weighted by molar-refractivity contribution is 7.89. The van der Waals surface area contributed by atoms with Gasteiger partial charge >= 0.3 is 0 Å². The van der Waals surface area contributed by atoms with E-state index < -0.39 is 10.0 Å². The molecule has 0 unspecified atom stereocenters. The van der Waals surface area contributed by atoms with Crippen LogP contribution in [0.15, 0.2) is 35.2 Å². The number of benzene rings is 1. The van der Waals surface area contributed by atoms with Crippen LogP contribution in [0.5, 0.6) is 0 Å². The number of pyridine rings is 1. The first kappa shape index (κ1) is 16.2. The number of aromatic nitrogens is 1. The molecule has 0 saturated carbocycles. The van der Waals surface area contributed by atoms with Gasteiger partial charge in [-0.2, -0.15) is 0 Å². The van der Waals surface area contributed by atoms with Crippen LogP contribution in [0.2, 0.25) is 5.15 Å². The van der Waals surface area contributed by atoms with Crippen LogP contribution in [-0.2, 0) is 10.0 Å². The standard InChI is InChI=1S/C15H19ClN2O2S/c1-15(2,3)10-18(4)21(19,20)12-6-7-13-11(9-12)5-8-14(16)17-13/h5-9H,10H2,1-4H3. The maximum absolute atomic E-state index is 12.6. The van der Waals surface area contributed by atoms with E-state index in [-0.39, 0.29) is 10.3 Å². The van der Waals surface area contributed by atoms with Gasteiger partial charge in [0.15, 0.2) is 0 Å². The number of hydrogen-bond acceptors (Lipinski definition) is 3. The molecule has 2 rings (SSSR count). The summed E-state index contributed by atoms with van der Waals surface area (Å²) in [6, 6.07) is 8.30. The smallest absolute Gasteiger partial charge is 0.236 e. The first-order chi connectivity index (χ1) is 9.59.